The average Bonchev–Trinajstić information content (AvgIpc) is 3.49. The third kappa shape index (κ3) is 4.63. The summed E-state index contributed by atoms with van der Waals surface area (Å²) in [4.78, 5) is 9.98. The zero-order chi connectivity index (χ0) is 30.3. The standard InChI is InChI=1S/C41H32N3P/c1-3-11-31(12-4-2)45(32-14-6-5-7-15-32)33-22-18-28(19-23-33)30-21-25-37-35(27-30)34-24-20-29-13-10-26-42-40(29)39(34)41-43-36-16-8-9-17-38(36)44(37)41/h3,5-27H,4H2,1-2H3/b11-3-,31-12+. The molecule has 0 aliphatic rings. The van der Waals surface area contributed by atoms with Crippen LogP contribution in [0, 0.1) is 0 Å². The summed E-state index contributed by atoms with van der Waals surface area (Å²) in [5, 5.41) is 8.70. The molecule has 0 spiro atoms. The molecule has 1 atom stereocenters. The fraction of sp³-hybridized carbons (Fsp3) is 0.0732. The van der Waals surface area contributed by atoms with Crippen molar-refractivity contribution in [1.29, 1.82) is 0 Å². The average molecular weight is 598 g/mol. The van der Waals surface area contributed by atoms with E-state index in [0.717, 1.165) is 44.9 Å². The molecule has 3 aromatic heterocycles. The quantitative estimate of drug-likeness (QED) is 0.108. The molecule has 4 heteroatoms. The molecule has 0 saturated heterocycles. The van der Waals surface area contributed by atoms with Crippen molar-refractivity contribution in [1.82, 2.24) is 14.4 Å². The van der Waals surface area contributed by atoms with E-state index in [9.17, 15) is 0 Å². The van der Waals surface area contributed by atoms with Crippen LogP contribution in [0.2, 0.25) is 0 Å². The van der Waals surface area contributed by atoms with Crippen molar-refractivity contribution >= 4 is 67.8 Å². The first-order valence-electron chi connectivity index (χ1n) is 15.5. The minimum absolute atomic E-state index is 0.651. The zero-order valence-electron chi connectivity index (χ0n) is 25.4. The van der Waals surface area contributed by atoms with Crippen LogP contribution in [-0.4, -0.2) is 14.4 Å². The first-order valence-corrected chi connectivity index (χ1v) is 16.9. The lowest BCUT2D eigenvalue weighted by Gasteiger charge is -2.21. The Hall–Kier alpha value is -5.11. The summed E-state index contributed by atoms with van der Waals surface area (Å²) in [5.74, 6) is 0. The minimum Gasteiger partial charge on any atom is -0.292 e. The molecule has 45 heavy (non-hydrogen) atoms. The van der Waals surface area contributed by atoms with Crippen molar-refractivity contribution < 1.29 is 0 Å². The van der Waals surface area contributed by atoms with Crippen molar-refractivity contribution in [2.75, 3.05) is 0 Å². The predicted octanol–water partition coefficient (Wildman–Crippen LogP) is 10.3. The number of imidazole rings is 1. The van der Waals surface area contributed by atoms with Gasteiger partial charge in [0.25, 0.3) is 0 Å². The van der Waals surface area contributed by atoms with Gasteiger partial charge in [-0.3, -0.25) is 9.38 Å². The first-order chi connectivity index (χ1) is 22.2. The van der Waals surface area contributed by atoms with Crippen molar-refractivity contribution in [2.45, 2.75) is 20.3 Å². The van der Waals surface area contributed by atoms with Gasteiger partial charge >= 0.3 is 0 Å². The van der Waals surface area contributed by atoms with Gasteiger partial charge in [0.05, 0.1) is 27.5 Å². The van der Waals surface area contributed by atoms with Crippen LogP contribution in [0.4, 0.5) is 0 Å². The normalized spacial score (nSPS) is 13.2. The largest absolute Gasteiger partial charge is 0.292 e. The molecule has 1 unspecified atom stereocenters. The van der Waals surface area contributed by atoms with E-state index in [0.29, 0.717) is 0 Å². The van der Waals surface area contributed by atoms with Crippen LogP contribution >= 0.6 is 7.92 Å². The number of hydrogen-bond donors (Lipinski definition) is 0. The highest BCUT2D eigenvalue weighted by Crippen LogP contribution is 2.44. The molecule has 0 bridgehead atoms. The Morgan fingerprint density at radius 3 is 2.33 bits per heavy atom. The van der Waals surface area contributed by atoms with E-state index in [4.69, 9.17) is 9.97 Å². The van der Waals surface area contributed by atoms with Crippen LogP contribution in [-0.2, 0) is 0 Å². The number of aromatic nitrogens is 3. The molecule has 0 aliphatic heterocycles. The van der Waals surface area contributed by atoms with E-state index in [-0.39, 0.29) is 0 Å². The van der Waals surface area contributed by atoms with Gasteiger partial charge < -0.3 is 0 Å². The number of nitrogens with zero attached hydrogens (tertiary/aromatic N) is 3. The van der Waals surface area contributed by atoms with Gasteiger partial charge in [0.2, 0.25) is 0 Å². The Labute approximate surface area is 264 Å². The van der Waals surface area contributed by atoms with Crippen LogP contribution < -0.4 is 10.6 Å². The fourth-order valence-electron chi connectivity index (χ4n) is 6.60. The smallest absolute Gasteiger partial charge is 0.148 e. The molecule has 8 aromatic rings. The molecule has 0 saturated carbocycles. The highest BCUT2D eigenvalue weighted by Gasteiger charge is 2.19. The Morgan fingerprint density at radius 1 is 0.733 bits per heavy atom. The summed E-state index contributed by atoms with van der Waals surface area (Å²) >= 11 is 0. The lowest BCUT2D eigenvalue weighted by Crippen LogP contribution is -2.12. The maximum atomic E-state index is 5.13. The Bertz CT molecular complexity index is 2420. The van der Waals surface area contributed by atoms with Crippen molar-refractivity contribution in [3.8, 4) is 11.1 Å². The summed E-state index contributed by atoms with van der Waals surface area (Å²) in [6.07, 6.45) is 9.71. The van der Waals surface area contributed by atoms with Crippen molar-refractivity contribution in [3.05, 3.63) is 151 Å². The summed E-state index contributed by atoms with van der Waals surface area (Å²) in [6, 6.07) is 44.0. The minimum atomic E-state index is -0.651. The van der Waals surface area contributed by atoms with Gasteiger partial charge in [-0.05, 0) is 84.0 Å². The van der Waals surface area contributed by atoms with Gasteiger partial charge in [0.1, 0.15) is 5.65 Å². The topological polar surface area (TPSA) is 30.2 Å². The molecule has 3 heterocycles. The number of benzene rings is 5. The molecule has 5 aromatic carbocycles. The Kier molecular flexibility index (Phi) is 6.97. The molecule has 216 valence electrons. The van der Waals surface area contributed by atoms with E-state index in [1.807, 2.05) is 12.3 Å². The molecule has 0 radical (unpaired) electrons. The van der Waals surface area contributed by atoms with Gasteiger partial charge in [0.15, 0.2) is 0 Å². The van der Waals surface area contributed by atoms with Gasteiger partial charge in [-0.1, -0.05) is 116 Å². The van der Waals surface area contributed by atoms with Crippen molar-refractivity contribution in [2.24, 2.45) is 0 Å². The zero-order valence-corrected chi connectivity index (χ0v) is 26.2. The first kappa shape index (κ1) is 27.4. The second-order valence-electron chi connectivity index (χ2n) is 11.3. The van der Waals surface area contributed by atoms with Gasteiger partial charge in [0, 0.05) is 17.0 Å². The summed E-state index contributed by atoms with van der Waals surface area (Å²) in [7, 11) is -0.651. The number of allylic oxidation sites excluding steroid dienone is 4. The van der Waals surface area contributed by atoms with Gasteiger partial charge in [-0.25, -0.2) is 4.98 Å². The van der Waals surface area contributed by atoms with E-state index in [1.165, 1.54) is 37.8 Å². The molecule has 8 rings (SSSR count). The van der Waals surface area contributed by atoms with E-state index < -0.39 is 7.92 Å². The number of fused-ring (bicyclic) bond motifs is 10. The summed E-state index contributed by atoms with van der Waals surface area (Å²) < 4.78 is 2.31. The maximum Gasteiger partial charge on any atom is 0.148 e. The summed E-state index contributed by atoms with van der Waals surface area (Å²) in [5.41, 5.74) is 7.58. The van der Waals surface area contributed by atoms with Crippen LogP contribution in [0.5, 0.6) is 0 Å². The number of rotatable bonds is 6. The molecule has 0 N–H and O–H groups in total. The predicted molar refractivity (Wildman–Crippen MR) is 194 cm³/mol. The lowest BCUT2D eigenvalue weighted by molar-refractivity contribution is 1.22. The monoisotopic (exact) mass is 597 g/mol. The highest BCUT2D eigenvalue weighted by atomic mass is 31.1. The fourth-order valence-corrected chi connectivity index (χ4v) is 9.08. The second kappa shape index (κ2) is 11.4. The third-order valence-corrected chi connectivity index (χ3v) is 11.0. The van der Waals surface area contributed by atoms with Crippen LogP contribution in [0.15, 0.2) is 151 Å². The van der Waals surface area contributed by atoms with E-state index >= 15 is 0 Å². The van der Waals surface area contributed by atoms with E-state index in [2.05, 4.69) is 152 Å². The van der Waals surface area contributed by atoms with Crippen molar-refractivity contribution in [3.63, 3.8) is 0 Å². The number of pyridine rings is 2. The molecule has 0 fully saturated rings. The Morgan fingerprint density at radius 2 is 1.51 bits per heavy atom. The Balaban J connectivity index is 1.33. The SMILES string of the molecule is C/C=C\C(=C/CC)P(c1ccccc1)c1ccc(-c2ccc3c(c2)c2ccc4cccnc4c2c2nc4ccccc4n32)cc1. The molecular weight excluding hydrogens is 565 g/mol. The second-order valence-corrected chi connectivity index (χ2v) is 13.5. The van der Waals surface area contributed by atoms with Crippen LogP contribution in [0.25, 0.3) is 60.4 Å². The van der Waals surface area contributed by atoms with Gasteiger partial charge in [-0.15, -0.1) is 0 Å². The maximum absolute atomic E-state index is 5.13. The molecule has 3 nitrogen and oxygen atoms in total. The van der Waals surface area contributed by atoms with Crippen LogP contribution in [0.1, 0.15) is 20.3 Å². The third-order valence-electron chi connectivity index (χ3n) is 8.57. The molecular formula is C41H32N3P. The number of hydrogen-bond acceptors (Lipinski definition) is 2. The highest BCUT2D eigenvalue weighted by molar-refractivity contribution is 7.77. The van der Waals surface area contributed by atoms with Gasteiger partial charge in [-0.2, -0.15) is 0 Å². The lowest BCUT2D eigenvalue weighted by atomic mass is 9.98. The molecule has 0 amide bonds. The summed E-state index contributed by atoms with van der Waals surface area (Å²) in [6.45, 7) is 4.32. The molecule has 0 aliphatic carbocycles. The number of para-hydroxylation sites is 2. The van der Waals surface area contributed by atoms with E-state index in [1.54, 1.807) is 0 Å². The van der Waals surface area contributed by atoms with Crippen LogP contribution in [0.3, 0.4) is 0 Å².